The molecule has 35 heavy (non-hydrogen) atoms. The molecule has 0 aliphatic carbocycles. The third-order valence-corrected chi connectivity index (χ3v) is 6.69. The van der Waals surface area contributed by atoms with Crippen LogP contribution in [0.3, 0.4) is 0 Å². The van der Waals surface area contributed by atoms with Gasteiger partial charge in [-0.3, -0.25) is 4.79 Å². The molecule has 0 aliphatic heterocycles. The summed E-state index contributed by atoms with van der Waals surface area (Å²) in [5.41, 5.74) is 1.42. The van der Waals surface area contributed by atoms with Crippen molar-refractivity contribution < 1.29 is 17.9 Å². The smallest absolute Gasteiger partial charge is 0.257 e. The summed E-state index contributed by atoms with van der Waals surface area (Å²) in [5, 5.41) is 13.8. The highest BCUT2D eigenvalue weighted by atomic mass is 35.5. The Kier molecular flexibility index (Phi) is 7.93. The van der Waals surface area contributed by atoms with Gasteiger partial charge in [0.15, 0.2) is 0 Å². The van der Waals surface area contributed by atoms with Gasteiger partial charge in [-0.15, -0.1) is 0 Å². The molecule has 2 aromatic carbocycles. The topological polar surface area (TPSA) is 127 Å². The van der Waals surface area contributed by atoms with E-state index >= 15 is 0 Å². The molecule has 0 fully saturated rings. The van der Waals surface area contributed by atoms with Crippen LogP contribution in [0.25, 0.3) is 10.9 Å². The molecule has 10 nitrogen and oxygen atoms in total. The zero-order valence-corrected chi connectivity index (χ0v) is 20.7. The van der Waals surface area contributed by atoms with Gasteiger partial charge >= 0.3 is 0 Å². The van der Waals surface area contributed by atoms with E-state index in [0.29, 0.717) is 39.7 Å². The molecule has 2 heterocycles. The molecule has 0 saturated heterocycles. The number of carbonyl (C=O) groups is 1. The van der Waals surface area contributed by atoms with Crippen molar-refractivity contribution in [2.75, 3.05) is 34.7 Å². The van der Waals surface area contributed by atoms with Crippen molar-refractivity contribution in [1.82, 2.24) is 20.2 Å². The molecule has 0 saturated carbocycles. The van der Waals surface area contributed by atoms with E-state index < -0.39 is 23.0 Å². The van der Waals surface area contributed by atoms with Crippen LogP contribution in [-0.4, -0.2) is 49.2 Å². The Morgan fingerprint density at radius 2 is 2.09 bits per heavy atom. The lowest BCUT2D eigenvalue weighted by Crippen LogP contribution is -2.32. The van der Waals surface area contributed by atoms with Gasteiger partial charge in [-0.05, 0) is 36.9 Å². The van der Waals surface area contributed by atoms with Crippen molar-refractivity contribution in [3.05, 3.63) is 64.5 Å². The molecule has 0 aliphatic rings. The first-order valence-electron chi connectivity index (χ1n) is 10.4. The van der Waals surface area contributed by atoms with Crippen LogP contribution < -0.4 is 20.4 Å². The predicted octanol–water partition coefficient (Wildman–Crippen LogP) is 3.62. The Morgan fingerprint density at radius 1 is 1.26 bits per heavy atom. The molecule has 14 heteroatoms. The Balaban J connectivity index is 1.63. The molecular weight excluding hydrogens is 517 g/mol. The fourth-order valence-electron chi connectivity index (χ4n) is 3.35. The Bertz CT molecular complexity index is 1380. The van der Waals surface area contributed by atoms with Gasteiger partial charge in [0.25, 0.3) is 5.91 Å². The Morgan fingerprint density at radius 3 is 2.80 bits per heavy atom. The SMILES string of the molecule is CCNCCNc1cc(F)ccc1C(=O)Nc1cccc2c1cnn2N(c1ncc(Cl)s1)S(=O)[O-]. The number of anilines is 3. The summed E-state index contributed by atoms with van der Waals surface area (Å²) in [6.45, 7) is 3.92. The number of nitrogens with zero attached hydrogens (tertiary/aromatic N) is 4. The van der Waals surface area contributed by atoms with E-state index in [4.69, 9.17) is 11.6 Å². The molecule has 0 spiro atoms. The molecule has 4 rings (SSSR count). The summed E-state index contributed by atoms with van der Waals surface area (Å²) in [6, 6.07) is 8.84. The van der Waals surface area contributed by atoms with Crippen LogP contribution in [0, 0.1) is 5.82 Å². The lowest BCUT2D eigenvalue weighted by molar-refractivity contribution is 0.102. The zero-order chi connectivity index (χ0) is 24.9. The van der Waals surface area contributed by atoms with Crippen molar-refractivity contribution >= 4 is 67.5 Å². The second kappa shape index (κ2) is 11.1. The van der Waals surface area contributed by atoms with Crippen molar-refractivity contribution in [2.24, 2.45) is 0 Å². The van der Waals surface area contributed by atoms with Gasteiger partial charge in [-0.2, -0.15) is 14.3 Å². The van der Waals surface area contributed by atoms with Gasteiger partial charge in [-0.25, -0.2) is 13.6 Å². The highest BCUT2D eigenvalue weighted by Crippen LogP contribution is 2.31. The number of nitrogens with one attached hydrogen (secondary N) is 3. The summed E-state index contributed by atoms with van der Waals surface area (Å²) in [6.07, 6.45) is 2.77. The number of amides is 1. The minimum atomic E-state index is -2.75. The molecule has 0 radical (unpaired) electrons. The lowest BCUT2D eigenvalue weighted by Gasteiger charge is -2.23. The first kappa shape index (κ1) is 25.0. The van der Waals surface area contributed by atoms with Crippen LogP contribution in [-0.2, 0) is 11.3 Å². The number of hydrogen-bond donors (Lipinski definition) is 3. The first-order valence-corrected chi connectivity index (χ1v) is 12.6. The second-order valence-corrected chi connectivity index (χ2v) is 9.55. The van der Waals surface area contributed by atoms with E-state index in [1.165, 1.54) is 30.6 Å². The van der Waals surface area contributed by atoms with Crippen LogP contribution in [0.4, 0.5) is 20.9 Å². The summed E-state index contributed by atoms with van der Waals surface area (Å²) >= 11 is 4.14. The van der Waals surface area contributed by atoms with Crippen LogP contribution in [0.1, 0.15) is 17.3 Å². The number of benzene rings is 2. The van der Waals surface area contributed by atoms with Crippen molar-refractivity contribution in [1.29, 1.82) is 0 Å². The van der Waals surface area contributed by atoms with Crippen molar-refractivity contribution in [3.63, 3.8) is 0 Å². The molecule has 2 aromatic heterocycles. The van der Waals surface area contributed by atoms with E-state index in [0.717, 1.165) is 27.1 Å². The van der Waals surface area contributed by atoms with Crippen molar-refractivity contribution in [2.45, 2.75) is 6.92 Å². The monoisotopic (exact) mass is 536 g/mol. The largest absolute Gasteiger partial charge is 0.754 e. The van der Waals surface area contributed by atoms with Crippen LogP contribution in [0.15, 0.2) is 48.8 Å². The Labute approximate surface area is 211 Å². The summed E-state index contributed by atoms with van der Waals surface area (Å²) in [5.74, 6) is -0.934. The molecule has 4 aromatic rings. The number of rotatable bonds is 10. The molecule has 1 amide bonds. The van der Waals surface area contributed by atoms with E-state index in [-0.39, 0.29) is 10.7 Å². The maximum Gasteiger partial charge on any atom is 0.257 e. The third kappa shape index (κ3) is 5.60. The number of fused-ring (bicyclic) bond motifs is 1. The van der Waals surface area contributed by atoms with E-state index in [2.05, 4.69) is 26.0 Å². The normalized spacial score (nSPS) is 12.0. The summed E-state index contributed by atoms with van der Waals surface area (Å²) in [7, 11) is 0. The quantitative estimate of drug-likeness (QED) is 0.209. The maximum atomic E-state index is 13.8. The number of likely N-dealkylation sites (N-methyl/N-ethyl adjacent to an activating group) is 1. The number of halogens is 2. The number of hydrogen-bond acceptors (Lipinski definition) is 8. The third-order valence-electron chi connectivity index (χ3n) is 4.88. The standard InChI is InChI=1S/C21H21ClFN7O3S2/c1-2-24-8-9-25-17-10-13(23)6-7-14(17)20(31)28-16-4-3-5-18-15(16)11-27-29(18)30(35(32)33)21-26-12-19(22)34-21/h3-7,10-12,24-25H,2,8-9H2,1H3,(H,28,31)(H,32,33)/p-1. The zero-order valence-electron chi connectivity index (χ0n) is 18.3. The van der Waals surface area contributed by atoms with Gasteiger partial charge in [0.2, 0.25) is 5.13 Å². The maximum absolute atomic E-state index is 13.8. The van der Waals surface area contributed by atoms with E-state index in [9.17, 15) is 17.9 Å². The van der Waals surface area contributed by atoms with Crippen LogP contribution in [0.2, 0.25) is 4.34 Å². The molecule has 1 unspecified atom stereocenters. The Hall–Kier alpha value is -3.10. The van der Waals surface area contributed by atoms with Gasteiger partial charge < -0.3 is 20.5 Å². The number of aromatic nitrogens is 3. The van der Waals surface area contributed by atoms with Gasteiger partial charge in [0.1, 0.15) is 10.2 Å². The predicted molar refractivity (Wildman–Crippen MR) is 135 cm³/mol. The van der Waals surface area contributed by atoms with Gasteiger partial charge in [0, 0.05) is 24.2 Å². The minimum Gasteiger partial charge on any atom is -0.754 e. The second-order valence-electron chi connectivity index (χ2n) is 7.13. The summed E-state index contributed by atoms with van der Waals surface area (Å²) in [4.78, 5) is 18.3. The van der Waals surface area contributed by atoms with Crippen LogP contribution in [0.5, 0.6) is 0 Å². The molecule has 184 valence electrons. The lowest BCUT2D eigenvalue weighted by atomic mass is 10.1. The molecule has 0 bridgehead atoms. The van der Waals surface area contributed by atoms with Gasteiger partial charge in [-0.1, -0.05) is 35.9 Å². The minimum absolute atomic E-state index is 0.0994. The fourth-order valence-corrected chi connectivity index (χ4v) is 4.87. The van der Waals surface area contributed by atoms with E-state index in [1.54, 1.807) is 18.2 Å². The first-order chi connectivity index (χ1) is 16.9. The highest BCUT2D eigenvalue weighted by Gasteiger charge is 2.20. The average molecular weight is 537 g/mol. The highest BCUT2D eigenvalue weighted by molar-refractivity contribution is 7.80. The van der Waals surface area contributed by atoms with Crippen LogP contribution >= 0.6 is 22.9 Å². The number of thiazole rings is 1. The number of carbonyl (C=O) groups excluding carboxylic acids is 1. The molecule has 1 atom stereocenters. The average Bonchev–Trinajstić information content (AvgIpc) is 3.44. The molecular formula is C21H20ClFN7O3S2-. The fraction of sp³-hybridized carbons (Fsp3) is 0.190. The van der Waals surface area contributed by atoms with Crippen molar-refractivity contribution in [3.8, 4) is 0 Å². The molecule has 3 N–H and O–H groups in total. The van der Waals surface area contributed by atoms with E-state index in [1.807, 2.05) is 6.92 Å². The summed E-state index contributed by atoms with van der Waals surface area (Å²) < 4.78 is 38.9. The van der Waals surface area contributed by atoms with Gasteiger partial charge in [0.05, 0.1) is 40.4 Å².